The second-order valence-electron chi connectivity index (χ2n) is 5.35. The molecular formula is C17H20ClN3O. The molecule has 1 fully saturated rings. The third kappa shape index (κ3) is 2.92. The van der Waals surface area contributed by atoms with Gasteiger partial charge in [0.1, 0.15) is 5.75 Å². The molecule has 0 atom stereocenters. The van der Waals surface area contributed by atoms with Gasteiger partial charge in [-0.25, -0.2) is 0 Å². The molecule has 2 N–H and O–H groups in total. The van der Waals surface area contributed by atoms with Crippen molar-refractivity contribution in [3.05, 3.63) is 47.5 Å². The fraction of sp³-hybridized carbons (Fsp3) is 0.294. The van der Waals surface area contributed by atoms with Gasteiger partial charge in [-0.05, 0) is 24.3 Å². The summed E-state index contributed by atoms with van der Waals surface area (Å²) in [4.78, 5) is 4.61. The van der Waals surface area contributed by atoms with E-state index in [1.165, 1.54) is 5.69 Å². The monoisotopic (exact) mass is 317 g/mol. The lowest BCUT2D eigenvalue weighted by atomic mass is 10.2. The second-order valence-corrected chi connectivity index (χ2v) is 5.76. The minimum atomic E-state index is 0.717. The first-order valence-corrected chi connectivity index (χ1v) is 7.75. The summed E-state index contributed by atoms with van der Waals surface area (Å²) in [5.74, 6) is 0.885. The fourth-order valence-electron chi connectivity index (χ4n) is 2.86. The number of ether oxygens (including phenoxy) is 1. The molecule has 0 radical (unpaired) electrons. The van der Waals surface area contributed by atoms with Gasteiger partial charge >= 0.3 is 0 Å². The molecule has 1 heterocycles. The van der Waals surface area contributed by atoms with E-state index in [0.29, 0.717) is 0 Å². The van der Waals surface area contributed by atoms with Crippen LogP contribution in [0.25, 0.3) is 0 Å². The van der Waals surface area contributed by atoms with Crippen LogP contribution in [0.15, 0.2) is 42.5 Å². The summed E-state index contributed by atoms with van der Waals surface area (Å²) in [5, 5.41) is 0.717. The van der Waals surface area contributed by atoms with Gasteiger partial charge in [-0.3, -0.25) is 0 Å². The number of nitrogen functional groups attached to an aromatic ring is 1. The molecule has 0 spiro atoms. The number of piperazine rings is 1. The van der Waals surface area contributed by atoms with Crippen LogP contribution in [0, 0.1) is 0 Å². The van der Waals surface area contributed by atoms with Crippen molar-refractivity contribution in [1.29, 1.82) is 0 Å². The van der Waals surface area contributed by atoms with Crippen molar-refractivity contribution in [3.63, 3.8) is 0 Å². The number of nitrogens with zero attached hydrogens (tertiary/aromatic N) is 2. The summed E-state index contributed by atoms with van der Waals surface area (Å²) in [6, 6.07) is 13.8. The number of hydrogen-bond acceptors (Lipinski definition) is 4. The molecule has 3 rings (SSSR count). The SMILES string of the molecule is COc1cccc(N2CCN(c3c(N)cccc3Cl)CC2)c1. The summed E-state index contributed by atoms with van der Waals surface area (Å²) >= 11 is 6.30. The zero-order chi connectivity index (χ0) is 15.5. The lowest BCUT2D eigenvalue weighted by Gasteiger charge is -2.38. The molecule has 116 valence electrons. The average Bonchev–Trinajstić information content (AvgIpc) is 2.55. The standard InChI is InChI=1S/C17H20ClN3O/c1-22-14-5-2-4-13(12-14)20-8-10-21(11-9-20)17-15(18)6-3-7-16(17)19/h2-7,12H,8-11,19H2,1H3. The highest BCUT2D eigenvalue weighted by atomic mass is 35.5. The Balaban J connectivity index is 1.72. The molecule has 2 aromatic carbocycles. The van der Waals surface area contributed by atoms with Crippen molar-refractivity contribution < 1.29 is 4.74 Å². The van der Waals surface area contributed by atoms with Crippen molar-refractivity contribution in [2.75, 3.05) is 48.8 Å². The van der Waals surface area contributed by atoms with Crippen LogP contribution in [-0.2, 0) is 0 Å². The Morgan fingerprint density at radius 2 is 1.68 bits per heavy atom. The maximum Gasteiger partial charge on any atom is 0.120 e. The highest BCUT2D eigenvalue weighted by molar-refractivity contribution is 6.34. The van der Waals surface area contributed by atoms with Crippen molar-refractivity contribution >= 4 is 28.7 Å². The van der Waals surface area contributed by atoms with Crippen molar-refractivity contribution in [1.82, 2.24) is 0 Å². The zero-order valence-corrected chi connectivity index (χ0v) is 13.4. The lowest BCUT2D eigenvalue weighted by molar-refractivity contribution is 0.414. The topological polar surface area (TPSA) is 41.7 Å². The molecule has 0 saturated carbocycles. The average molecular weight is 318 g/mol. The van der Waals surface area contributed by atoms with Crippen LogP contribution >= 0.6 is 11.6 Å². The van der Waals surface area contributed by atoms with E-state index in [9.17, 15) is 0 Å². The van der Waals surface area contributed by atoms with E-state index in [1.54, 1.807) is 7.11 Å². The molecule has 1 saturated heterocycles. The Morgan fingerprint density at radius 3 is 2.36 bits per heavy atom. The van der Waals surface area contributed by atoms with Gasteiger partial charge in [-0.15, -0.1) is 0 Å². The van der Waals surface area contributed by atoms with Crippen LogP contribution in [0.2, 0.25) is 5.02 Å². The fourth-order valence-corrected chi connectivity index (χ4v) is 3.16. The first-order valence-electron chi connectivity index (χ1n) is 7.37. The summed E-state index contributed by atoms with van der Waals surface area (Å²) in [7, 11) is 1.69. The van der Waals surface area contributed by atoms with Gasteiger partial charge in [0.2, 0.25) is 0 Å². The number of rotatable bonds is 3. The Kier molecular flexibility index (Phi) is 4.29. The van der Waals surface area contributed by atoms with Crippen molar-refractivity contribution in [2.45, 2.75) is 0 Å². The Hall–Kier alpha value is -2.07. The number of halogens is 1. The summed E-state index contributed by atoms with van der Waals surface area (Å²) in [5.41, 5.74) is 8.96. The maximum absolute atomic E-state index is 6.30. The minimum absolute atomic E-state index is 0.717. The Morgan fingerprint density at radius 1 is 1.00 bits per heavy atom. The molecule has 0 aliphatic carbocycles. The van der Waals surface area contributed by atoms with Gasteiger partial charge in [0.25, 0.3) is 0 Å². The number of nitrogens with two attached hydrogens (primary N) is 1. The van der Waals surface area contributed by atoms with Crippen LogP contribution in [-0.4, -0.2) is 33.3 Å². The number of para-hydroxylation sites is 1. The van der Waals surface area contributed by atoms with E-state index in [1.807, 2.05) is 30.3 Å². The van der Waals surface area contributed by atoms with Gasteiger partial charge in [-0.2, -0.15) is 0 Å². The third-order valence-corrected chi connectivity index (χ3v) is 4.34. The molecule has 0 bridgehead atoms. The molecule has 2 aromatic rings. The first kappa shape index (κ1) is 14.9. The molecule has 0 aromatic heterocycles. The number of benzene rings is 2. The number of anilines is 3. The van der Waals surface area contributed by atoms with E-state index >= 15 is 0 Å². The Bertz CT molecular complexity index is 634. The molecular weight excluding hydrogens is 298 g/mol. The predicted octanol–water partition coefficient (Wildman–Crippen LogP) is 3.26. The zero-order valence-electron chi connectivity index (χ0n) is 12.6. The van der Waals surface area contributed by atoms with Crippen molar-refractivity contribution in [2.24, 2.45) is 0 Å². The highest BCUT2D eigenvalue weighted by Gasteiger charge is 2.21. The van der Waals surface area contributed by atoms with Gasteiger partial charge in [0.15, 0.2) is 0 Å². The molecule has 22 heavy (non-hydrogen) atoms. The second kappa shape index (κ2) is 6.36. The number of hydrogen-bond donors (Lipinski definition) is 1. The molecule has 5 heteroatoms. The highest BCUT2D eigenvalue weighted by Crippen LogP contribution is 2.33. The maximum atomic E-state index is 6.30. The largest absolute Gasteiger partial charge is 0.497 e. The van der Waals surface area contributed by atoms with E-state index in [-0.39, 0.29) is 0 Å². The van der Waals surface area contributed by atoms with Gasteiger partial charge < -0.3 is 20.3 Å². The molecule has 1 aliphatic rings. The molecule has 1 aliphatic heterocycles. The van der Waals surface area contributed by atoms with Gasteiger partial charge in [-0.1, -0.05) is 23.7 Å². The third-order valence-electron chi connectivity index (χ3n) is 4.03. The normalized spacial score (nSPS) is 15.0. The van der Waals surface area contributed by atoms with E-state index < -0.39 is 0 Å². The van der Waals surface area contributed by atoms with Crippen LogP contribution in [0.1, 0.15) is 0 Å². The summed E-state index contributed by atoms with van der Waals surface area (Å²) in [6.07, 6.45) is 0. The van der Waals surface area contributed by atoms with E-state index in [0.717, 1.165) is 48.3 Å². The van der Waals surface area contributed by atoms with Crippen LogP contribution in [0.4, 0.5) is 17.1 Å². The van der Waals surface area contributed by atoms with Gasteiger partial charge in [0.05, 0.1) is 23.5 Å². The predicted molar refractivity (Wildman–Crippen MR) is 93.3 cm³/mol. The Labute approximate surface area is 136 Å². The van der Waals surface area contributed by atoms with Crippen LogP contribution < -0.4 is 20.3 Å². The van der Waals surface area contributed by atoms with Crippen molar-refractivity contribution in [3.8, 4) is 5.75 Å². The molecule has 4 nitrogen and oxygen atoms in total. The van der Waals surface area contributed by atoms with Crippen LogP contribution in [0.5, 0.6) is 5.75 Å². The molecule has 0 unspecified atom stereocenters. The molecule has 0 amide bonds. The van der Waals surface area contributed by atoms with E-state index in [4.69, 9.17) is 22.1 Å². The van der Waals surface area contributed by atoms with E-state index in [2.05, 4.69) is 21.9 Å². The summed E-state index contributed by atoms with van der Waals surface area (Å²) < 4.78 is 5.30. The summed E-state index contributed by atoms with van der Waals surface area (Å²) in [6.45, 7) is 3.64. The minimum Gasteiger partial charge on any atom is -0.497 e. The quantitative estimate of drug-likeness (QED) is 0.882. The van der Waals surface area contributed by atoms with Crippen LogP contribution in [0.3, 0.4) is 0 Å². The first-order chi connectivity index (χ1) is 10.7. The lowest BCUT2D eigenvalue weighted by Crippen LogP contribution is -2.46. The number of methoxy groups -OCH3 is 1. The van der Waals surface area contributed by atoms with Gasteiger partial charge in [0, 0.05) is 37.9 Å². The smallest absolute Gasteiger partial charge is 0.120 e.